The first-order valence-electron chi connectivity index (χ1n) is 9.59. The zero-order valence-electron chi connectivity index (χ0n) is 16.4. The Morgan fingerprint density at radius 2 is 1.90 bits per heavy atom. The van der Waals surface area contributed by atoms with Gasteiger partial charge in [-0.3, -0.25) is 19.1 Å². The van der Waals surface area contributed by atoms with E-state index >= 15 is 0 Å². The number of hydrogen-bond donors (Lipinski definition) is 0. The third-order valence-electron chi connectivity index (χ3n) is 5.66. The molecular formula is C21H22ClFN4O2. The third kappa shape index (κ3) is 3.72. The maximum atomic E-state index is 13.5. The summed E-state index contributed by atoms with van der Waals surface area (Å²) in [5.74, 6) is -0.197. The Balaban J connectivity index is 1.59. The van der Waals surface area contributed by atoms with Crippen molar-refractivity contribution in [2.24, 2.45) is 7.05 Å². The van der Waals surface area contributed by atoms with Crippen LogP contribution in [0.5, 0.6) is 0 Å². The molecule has 0 spiro atoms. The molecule has 3 aromatic rings. The molecule has 1 aromatic carbocycles. The number of piperidine rings is 1. The van der Waals surface area contributed by atoms with Gasteiger partial charge in [0, 0.05) is 38.9 Å². The molecular weight excluding hydrogens is 395 g/mol. The van der Waals surface area contributed by atoms with Crippen molar-refractivity contribution < 1.29 is 4.39 Å². The summed E-state index contributed by atoms with van der Waals surface area (Å²) in [6.07, 6.45) is 2.95. The molecule has 1 aliphatic rings. The second kappa shape index (κ2) is 7.72. The Kier molecular flexibility index (Phi) is 5.27. The number of nitrogens with zero attached hydrogens (tertiary/aromatic N) is 4. The van der Waals surface area contributed by atoms with E-state index in [1.807, 2.05) is 6.07 Å². The highest BCUT2D eigenvalue weighted by Gasteiger charge is 2.25. The highest BCUT2D eigenvalue weighted by Crippen LogP contribution is 2.25. The lowest BCUT2D eigenvalue weighted by Gasteiger charge is -2.33. The highest BCUT2D eigenvalue weighted by molar-refractivity contribution is 6.31. The van der Waals surface area contributed by atoms with Crippen LogP contribution in [-0.2, 0) is 13.6 Å². The summed E-state index contributed by atoms with van der Waals surface area (Å²) in [7, 11) is 1.56. The lowest BCUT2D eigenvalue weighted by molar-refractivity contribution is 0.179. The second-order valence-electron chi connectivity index (χ2n) is 7.63. The minimum absolute atomic E-state index is 0.0984. The first kappa shape index (κ1) is 19.8. The first-order valence-corrected chi connectivity index (χ1v) is 9.97. The number of benzene rings is 1. The predicted molar refractivity (Wildman–Crippen MR) is 111 cm³/mol. The van der Waals surface area contributed by atoms with E-state index in [-0.39, 0.29) is 11.9 Å². The fraction of sp³-hybridized carbons (Fsp3) is 0.381. The van der Waals surface area contributed by atoms with Crippen LogP contribution in [0.3, 0.4) is 0 Å². The predicted octanol–water partition coefficient (Wildman–Crippen LogP) is 3.03. The molecule has 29 heavy (non-hydrogen) atoms. The van der Waals surface area contributed by atoms with Crippen LogP contribution in [0.1, 0.15) is 30.0 Å². The first-order chi connectivity index (χ1) is 13.8. The molecule has 0 bridgehead atoms. The van der Waals surface area contributed by atoms with Crippen LogP contribution >= 0.6 is 11.6 Å². The molecule has 1 saturated heterocycles. The summed E-state index contributed by atoms with van der Waals surface area (Å²) in [6.45, 7) is 4.04. The van der Waals surface area contributed by atoms with E-state index in [1.165, 1.54) is 21.4 Å². The van der Waals surface area contributed by atoms with Gasteiger partial charge < -0.3 is 4.57 Å². The van der Waals surface area contributed by atoms with Crippen molar-refractivity contribution in [3.05, 3.63) is 73.1 Å². The van der Waals surface area contributed by atoms with E-state index in [0.717, 1.165) is 38.0 Å². The van der Waals surface area contributed by atoms with Gasteiger partial charge in [-0.15, -0.1) is 0 Å². The summed E-state index contributed by atoms with van der Waals surface area (Å²) >= 11 is 6.04. The van der Waals surface area contributed by atoms with Crippen LogP contribution in [0.2, 0.25) is 5.02 Å². The summed E-state index contributed by atoms with van der Waals surface area (Å²) in [6, 6.07) is 6.74. The largest absolute Gasteiger partial charge is 0.318 e. The summed E-state index contributed by atoms with van der Waals surface area (Å²) in [5.41, 5.74) is 1.60. The average molecular weight is 417 g/mol. The van der Waals surface area contributed by atoms with E-state index in [1.54, 1.807) is 26.1 Å². The maximum Gasteiger partial charge on any atom is 0.318 e. The average Bonchev–Trinajstić information content (AvgIpc) is 2.71. The SMILES string of the molecule is Cc1cc(CN2CCC(n3c(=O)c(=O)n(C)c4cc(Cl)cnc43)CC2)ccc1F. The molecule has 0 radical (unpaired) electrons. The number of rotatable bonds is 3. The molecule has 8 heteroatoms. The molecule has 0 N–H and O–H groups in total. The zero-order chi connectivity index (χ0) is 20.7. The summed E-state index contributed by atoms with van der Waals surface area (Å²) in [5, 5.41) is 0.419. The molecule has 1 fully saturated rings. The molecule has 4 rings (SSSR count). The molecule has 0 amide bonds. The Morgan fingerprint density at radius 3 is 2.59 bits per heavy atom. The smallest absolute Gasteiger partial charge is 0.304 e. The molecule has 2 aromatic heterocycles. The van der Waals surface area contributed by atoms with Gasteiger partial charge in [-0.25, -0.2) is 9.37 Å². The van der Waals surface area contributed by atoms with Gasteiger partial charge in [0.05, 0.1) is 10.5 Å². The third-order valence-corrected chi connectivity index (χ3v) is 5.87. The van der Waals surface area contributed by atoms with Gasteiger partial charge in [-0.1, -0.05) is 23.7 Å². The van der Waals surface area contributed by atoms with E-state index in [2.05, 4.69) is 9.88 Å². The molecule has 0 saturated carbocycles. The van der Waals surface area contributed by atoms with Crippen LogP contribution in [0.25, 0.3) is 11.2 Å². The van der Waals surface area contributed by atoms with Crippen LogP contribution < -0.4 is 11.1 Å². The van der Waals surface area contributed by atoms with E-state index in [0.29, 0.717) is 21.7 Å². The van der Waals surface area contributed by atoms with Crippen LogP contribution in [0.15, 0.2) is 40.1 Å². The van der Waals surface area contributed by atoms with Gasteiger partial charge in [0.2, 0.25) is 0 Å². The number of pyridine rings is 1. The molecule has 0 unspecified atom stereocenters. The summed E-state index contributed by atoms with van der Waals surface area (Å²) < 4.78 is 16.3. The fourth-order valence-corrected chi connectivity index (χ4v) is 4.20. The van der Waals surface area contributed by atoms with E-state index in [9.17, 15) is 14.0 Å². The Bertz CT molecular complexity index is 1200. The van der Waals surface area contributed by atoms with Crippen molar-refractivity contribution in [3.8, 4) is 0 Å². The zero-order valence-corrected chi connectivity index (χ0v) is 17.1. The fourth-order valence-electron chi connectivity index (χ4n) is 4.04. The molecule has 152 valence electrons. The monoisotopic (exact) mass is 416 g/mol. The Morgan fingerprint density at radius 1 is 1.17 bits per heavy atom. The van der Waals surface area contributed by atoms with Crippen molar-refractivity contribution in [1.82, 2.24) is 19.0 Å². The summed E-state index contributed by atoms with van der Waals surface area (Å²) in [4.78, 5) is 31.8. The van der Waals surface area contributed by atoms with Gasteiger partial charge in [0.25, 0.3) is 0 Å². The molecule has 6 nitrogen and oxygen atoms in total. The van der Waals surface area contributed by atoms with Gasteiger partial charge in [-0.2, -0.15) is 0 Å². The van der Waals surface area contributed by atoms with Gasteiger partial charge >= 0.3 is 11.1 Å². The van der Waals surface area contributed by atoms with E-state index < -0.39 is 11.1 Å². The quantitative estimate of drug-likeness (QED) is 0.616. The lowest BCUT2D eigenvalue weighted by atomic mass is 10.0. The second-order valence-corrected chi connectivity index (χ2v) is 8.06. The van der Waals surface area contributed by atoms with Crippen molar-refractivity contribution >= 4 is 22.8 Å². The number of hydrogen-bond acceptors (Lipinski definition) is 4. The van der Waals surface area contributed by atoms with Crippen molar-refractivity contribution in [2.45, 2.75) is 32.4 Å². The lowest BCUT2D eigenvalue weighted by Crippen LogP contribution is -2.45. The number of aryl methyl sites for hydroxylation is 2. The van der Waals surface area contributed by atoms with Crippen molar-refractivity contribution in [3.63, 3.8) is 0 Å². The van der Waals surface area contributed by atoms with Crippen LogP contribution in [0, 0.1) is 12.7 Å². The Hall–Kier alpha value is -2.51. The number of aromatic nitrogens is 3. The number of fused-ring (bicyclic) bond motifs is 1. The minimum atomic E-state index is -0.578. The topological polar surface area (TPSA) is 60.1 Å². The number of likely N-dealkylation sites (tertiary alicyclic amines) is 1. The van der Waals surface area contributed by atoms with Crippen LogP contribution in [-0.4, -0.2) is 32.1 Å². The molecule has 0 aliphatic carbocycles. The number of halogens is 2. The molecule has 0 atom stereocenters. The normalized spacial score (nSPS) is 15.9. The van der Waals surface area contributed by atoms with Gasteiger partial charge in [0.15, 0.2) is 5.65 Å². The van der Waals surface area contributed by atoms with Crippen molar-refractivity contribution in [1.29, 1.82) is 0 Å². The minimum Gasteiger partial charge on any atom is -0.304 e. The standard InChI is InChI=1S/C21H22ClFN4O2/c1-13-9-14(3-4-17(13)23)12-26-7-5-16(6-8-26)27-19-18(10-15(22)11-24-19)25(2)20(28)21(27)29/h3-4,9-11,16H,5-8,12H2,1-2H3. The highest BCUT2D eigenvalue weighted by atomic mass is 35.5. The molecule has 1 aliphatic heterocycles. The molecule has 3 heterocycles. The van der Waals surface area contributed by atoms with Crippen LogP contribution in [0.4, 0.5) is 4.39 Å². The van der Waals surface area contributed by atoms with Gasteiger partial charge in [-0.05, 0) is 43.0 Å². The van der Waals surface area contributed by atoms with E-state index in [4.69, 9.17) is 11.6 Å². The maximum absolute atomic E-state index is 13.5. The Labute approximate surface area is 172 Å². The van der Waals surface area contributed by atoms with Crippen molar-refractivity contribution in [2.75, 3.05) is 13.1 Å². The van der Waals surface area contributed by atoms with Gasteiger partial charge in [0.1, 0.15) is 5.82 Å².